The van der Waals surface area contributed by atoms with Crippen LogP contribution in [0, 0.1) is 12.8 Å². The van der Waals surface area contributed by atoms with Gasteiger partial charge in [-0.3, -0.25) is 0 Å². The minimum atomic E-state index is 0.234. The zero-order chi connectivity index (χ0) is 13.7. The molecule has 2 rings (SSSR count). The zero-order valence-electron chi connectivity index (χ0n) is 11.7. The Kier molecular flexibility index (Phi) is 4.74. The molecule has 102 valence electrons. The van der Waals surface area contributed by atoms with Gasteiger partial charge in [0.2, 0.25) is 0 Å². The molecule has 1 atom stereocenters. The summed E-state index contributed by atoms with van der Waals surface area (Å²) in [5, 5.41) is 9.53. The summed E-state index contributed by atoms with van der Waals surface area (Å²) in [6.45, 7) is 2.34. The van der Waals surface area contributed by atoms with Crippen LogP contribution in [0.15, 0.2) is 36.7 Å². The molecule has 0 saturated heterocycles. The average Bonchev–Trinajstić information content (AvgIpc) is 2.80. The number of hydrogen-bond acceptors (Lipinski definition) is 2. The van der Waals surface area contributed by atoms with Gasteiger partial charge in [-0.1, -0.05) is 29.8 Å². The highest BCUT2D eigenvalue weighted by molar-refractivity contribution is 5.22. The van der Waals surface area contributed by atoms with Crippen LogP contribution in [0.2, 0.25) is 0 Å². The van der Waals surface area contributed by atoms with Crippen LogP contribution in [-0.4, -0.2) is 21.3 Å². The monoisotopic (exact) mass is 258 g/mol. The van der Waals surface area contributed by atoms with Crippen molar-refractivity contribution in [3.8, 4) is 0 Å². The fourth-order valence-electron chi connectivity index (χ4n) is 2.40. The number of aromatic nitrogens is 2. The minimum Gasteiger partial charge on any atom is -0.396 e. The van der Waals surface area contributed by atoms with Gasteiger partial charge in [0.05, 0.1) is 0 Å². The van der Waals surface area contributed by atoms with Gasteiger partial charge in [-0.25, -0.2) is 4.98 Å². The van der Waals surface area contributed by atoms with E-state index in [0.29, 0.717) is 5.92 Å². The number of nitrogens with zero attached hydrogens (tertiary/aromatic N) is 2. The second-order valence-electron chi connectivity index (χ2n) is 5.23. The van der Waals surface area contributed by atoms with Crippen molar-refractivity contribution in [2.75, 3.05) is 6.61 Å². The predicted molar refractivity (Wildman–Crippen MR) is 77.0 cm³/mol. The van der Waals surface area contributed by atoms with Gasteiger partial charge >= 0.3 is 0 Å². The molecule has 1 aromatic heterocycles. The molecule has 0 aliphatic rings. The van der Waals surface area contributed by atoms with E-state index >= 15 is 0 Å². The Morgan fingerprint density at radius 3 is 2.84 bits per heavy atom. The molecule has 0 radical (unpaired) electrons. The topological polar surface area (TPSA) is 38.1 Å². The summed E-state index contributed by atoms with van der Waals surface area (Å²) in [6.07, 6.45) is 6.60. The summed E-state index contributed by atoms with van der Waals surface area (Å²) < 4.78 is 2.04. The van der Waals surface area contributed by atoms with Gasteiger partial charge in [-0.2, -0.15) is 0 Å². The summed E-state index contributed by atoms with van der Waals surface area (Å²) in [5.74, 6) is 1.39. The fourth-order valence-corrected chi connectivity index (χ4v) is 2.40. The van der Waals surface area contributed by atoms with Gasteiger partial charge in [0, 0.05) is 32.5 Å². The van der Waals surface area contributed by atoms with Crippen molar-refractivity contribution in [3.63, 3.8) is 0 Å². The SMILES string of the molecule is Cc1cccc(CC(CO)CCc2nccn2C)c1. The fraction of sp³-hybridized carbons (Fsp3) is 0.438. The van der Waals surface area contributed by atoms with Crippen molar-refractivity contribution in [2.24, 2.45) is 13.0 Å². The van der Waals surface area contributed by atoms with E-state index in [4.69, 9.17) is 0 Å². The molecule has 3 heteroatoms. The molecule has 3 nitrogen and oxygen atoms in total. The van der Waals surface area contributed by atoms with Crippen LogP contribution < -0.4 is 0 Å². The molecule has 1 N–H and O–H groups in total. The molecule has 0 spiro atoms. The lowest BCUT2D eigenvalue weighted by molar-refractivity contribution is 0.217. The maximum atomic E-state index is 9.53. The van der Waals surface area contributed by atoms with Crippen LogP contribution in [-0.2, 0) is 19.9 Å². The molecular formula is C16H22N2O. The van der Waals surface area contributed by atoms with Crippen molar-refractivity contribution >= 4 is 0 Å². The molecule has 0 amide bonds. The van der Waals surface area contributed by atoms with E-state index in [0.717, 1.165) is 25.1 Å². The maximum absolute atomic E-state index is 9.53. The quantitative estimate of drug-likeness (QED) is 0.864. The van der Waals surface area contributed by atoms with E-state index < -0.39 is 0 Å². The first-order valence-corrected chi connectivity index (χ1v) is 6.81. The predicted octanol–water partition coefficient (Wildman–Crippen LogP) is 2.51. The van der Waals surface area contributed by atoms with Crippen LogP contribution in [0.1, 0.15) is 23.4 Å². The Balaban J connectivity index is 1.92. The molecular weight excluding hydrogens is 236 g/mol. The molecule has 2 aromatic rings. The standard InChI is InChI=1S/C16H22N2O/c1-13-4-3-5-14(10-13)11-15(12-19)6-7-16-17-8-9-18(16)2/h3-5,8-10,15,19H,6-7,11-12H2,1-2H3. The summed E-state index contributed by atoms with van der Waals surface area (Å²) in [6, 6.07) is 8.52. The third kappa shape index (κ3) is 3.93. The summed E-state index contributed by atoms with van der Waals surface area (Å²) >= 11 is 0. The van der Waals surface area contributed by atoms with E-state index in [-0.39, 0.29) is 6.61 Å². The number of aliphatic hydroxyl groups is 1. The first-order chi connectivity index (χ1) is 9.19. The molecule has 0 aliphatic carbocycles. The molecule has 0 fully saturated rings. The van der Waals surface area contributed by atoms with Crippen LogP contribution in [0.4, 0.5) is 0 Å². The lowest BCUT2D eigenvalue weighted by Gasteiger charge is -2.14. The van der Waals surface area contributed by atoms with Crippen molar-refractivity contribution in [1.82, 2.24) is 9.55 Å². The van der Waals surface area contributed by atoms with Crippen molar-refractivity contribution < 1.29 is 5.11 Å². The Bertz CT molecular complexity index is 519. The second kappa shape index (κ2) is 6.53. The molecule has 0 aliphatic heterocycles. The summed E-state index contributed by atoms with van der Waals surface area (Å²) in [5.41, 5.74) is 2.58. The minimum absolute atomic E-state index is 0.234. The highest BCUT2D eigenvalue weighted by atomic mass is 16.3. The largest absolute Gasteiger partial charge is 0.396 e. The van der Waals surface area contributed by atoms with Crippen LogP contribution >= 0.6 is 0 Å². The third-order valence-corrected chi connectivity index (χ3v) is 3.56. The zero-order valence-corrected chi connectivity index (χ0v) is 11.7. The van der Waals surface area contributed by atoms with Gasteiger partial charge in [-0.15, -0.1) is 0 Å². The number of benzene rings is 1. The van der Waals surface area contributed by atoms with Crippen LogP contribution in [0.3, 0.4) is 0 Å². The van der Waals surface area contributed by atoms with Gasteiger partial charge in [-0.05, 0) is 31.2 Å². The molecule has 1 unspecified atom stereocenters. The van der Waals surface area contributed by atoms with Crippen molar-refractivity contribution in [3.05, 3.63) is 53.6 Å². The van der Waals surface area contributed by atoms with Crippen LogP contribution in [0.25, 0.3) is 0 Å². The van der Waals surface area contributed by atoms with Gasteiger partial charge < -0.3 is 9.67 Å². The highest BCUT2D eigenvalue weighted by Gasteiger charge is 2.10. The van der Waals surface area contributed by atoms with Crippen molar-refractivity contribution in [2.45, 2.75) is 26.2 Å². The average molecular weight is 258 g/mol. The lowest BCUT2D eigenvalue weighted by atomic mass is 9.94. The summed E-state index contributed by atoms with van der Waals surface area (Å²) in [7, 11) is 2.01. The Hall–Kier alpha value is -1.61. The first-order valence-electron chi connectivity index (χ1n) is 6.81. The molecule has 0 saturated carbocycles. The molecule has 1 aromatic carbocycles. The first kappa shape index (κ1) is 13.8. The molecule has 19 heavy (non-hydrogen) atoms. The maximum Gasteiger partial charge on any atom is 0.108 e. The number of aryl methyl sites for hydroxylation is 3. The van der Waals surface area contributed by atoms with E-state index in [1.54, 1.807) is 0 Å². The number of imidazole rings is 1. The molecule has 1 heterocycles. The number of hydrogen-bond donors (Lipinski definition) is 1. The van der Waals surface area contributed by atoms with Gasteiger partial charge in [0.15, 0.2) is 0 Å². The summed E-state index contributed by atoms with van der Waals surface area (Å²) in [4.78, 5) is 4.32. The molecule has 0 bridgehead atoms. The number of rotatable bonds is 6. The normalized spacial score (nSPS) is 12.6. The smallest absolute Gasteiger partial charge is 0.108 e. The van der Waals surface area contributed by atoms with E-state index in [1.807, 2.05) is 24.0 Å². The van der Waals surface area contributed by atoms with E-state index in [9.17, 15) is 5.11 Å². The van der Waals surface area contributed by atoms with Gasteiger partial charge in [0.25, 0.3) is 0 Å². The second-order valence-corrected chi connectivity index (χ2v) is 5.23. The lowest BCUT2D eigenvalue weighted by Crippen LogP contribution is -2.12. The van der Waals surface area contributed by atoms with Gasteiger partial charge in [0.1, 0.15) is 5.82 Å². The Morgan fingerprint density at radius 1 is 1.37 bits per heavy atom. The highest BCUT2D eigenvalue weighted by Crippen LogP contribution is 2.15. The number of aliphatic hydroxyl groups excluding tert-OH is 1. The van der Waals surface area contributed by atoms with E-state index in [2.05, 4.69) is 36.2 Å². The third-order valence-electron chi connectivity index (χ3n) is 3.56. The Morgan fingerprint density at radius 2 is 2.21 bits per heavy atom. The Labute approximate surface area is 114 Å². The van der Waals surface area contributed by atoms with Crippen LogP contribution in [0.5, 0.6) is 0 Å². The van der Waals surface area contributed by atoms with Crippen molar-refractivity contribution in [1.29, 1.82) is 0 Å². The van der Waals surface area contributed by atoms with E-state index in [1.165, 1.54) is 11.1 Å².